The van der Waals surface area contributed by atoms with Crippen molar-refractivity contribution >= 4 is 23.6 Å². The van der Waals surface area contributed by atoms with Gasteiger partial charge >= 0.3 is 5.97 Å². The topological polar surface area (TPSA) is 61.9 Å². The first kappa shape index (κ1) is 20.8. The Balaban J connectivity index is 1.43. The normalized spacial score (nSPS) is 15.3. The average Bonchev–Trinajstić information content (AvgIpc) is 2.75. The van der Waals surface area contributed by atoms with E-state index in [1.807, 2.05) is 18.2 Å². The van der Waals surface area contributed by atoms with Crippen LogP contribution in [0.1, 0.15) is 15.9 Å². The zero-order valence-corrected chi connectivity index (χ0v) is 16.7. The molecule has 0 radical (unpaired) electrons. The maximum absolute atomic E-state index is 12.4. The number of esters is 1. The van der Waals surface area contributed by atoms with Crippen LogP contribution in [0.3, 0.4) is 0 Å². The summed E-state index contributed by atoms with van der Waals surface area (Å²) in [5, 5.41) is 2.83. The molecular weight excluding hydrogens is 366 g/mol. The SMILES string of the molecule is COC(=O)c1ccccc1NC(=O)CN1CCN(CC=Cc2ccccc2)CC1. The van der Waals surface area contributed by atoms with Gasteiger partial charge < -0.3 is 10.1 Å². The minimum atomic E-state index is -0.460. The molecule has 0 aromatic heterocycles. The number of amides is 1. The summed E-state index contributed by atoms with van der Waals surface area (Å²) in [7, 11) is 1.33. The fourth-order valence-electron chi connectivity index (χ4n) is 3.30. The molecule has 1 aliphatic rings. The maximum atomic E-state index is 12.4. The average molecular weight is 393 g/mol. The fraction of sp³-hybridized carbons (Fsp3) is 0.304. The van der Waals surface area contributed by atoms with Gasteiger partial charge in [-0.15, -0.1) is 0 Å². The van der Waals surface area contributed by atoms with Crippen molar-refractivity contribution in [3.63, 3.8) is 0 Å². The molecule has 2 aromatic rings. The molecule has 0 unspecified atom stereocenters. The van der Waals surface area contributed by atoms with Gasteiger partial charge in [0.2, 0.25) is 5.91 Å². The molecule has 1 fully saturated rings. The minimum absolute atomic E-state index is 0.126. The van der Waals surface area contributed by atoms with E-state index in [-0.39, 0.29) is 5.91 Å². The van der Waals surface area contributed by atoms with Crippen molar-refractivity contribution in [3.05, 3.63) is 71.8 Å². The Morgan fingerprint density at radius 2 is 1.62 bits per heavy atom. The van der Waals surface area contributed by atoms with Gasteiger partial charge in [-0.2, -0.15) is 0 Å². The van der Waals surface area contributed by atoms with Crippen LogP contribution in [0.2, 0.25) is 0 Å². The van der Waals surface area contributed by atoms with Crippen molar-refractivity contribution in [1.29, 1.82) is 0 Å². The number of hydrogen-bond acceptors (Lipinski definition) is 5. The van der Waals surface area contributed by atoms with Crippen LogP contribution in [0, 0.1) is 0 Å². The summed E-state index contributed by atoms with van der Waals surface area (Å²) < 4.78 is 4.77. The molecule has 152 valence electrons. The number of benzene rings is 2. The van der Waals surface area contributed by atoms with Crippen LogP contribution in [0.4, 0.5) is 5.69 Å². The van der Waals surface area contributed by atoms with Gasteiger partial charge in [-0.05, 0) is 17.7 Å². The summed E-state index contributed by atoms with van der Waals surface area (Å²) in [5.74, 6) is -0.586. The van der Waals surface area contributed by atoms with Gasteiger partial charge in [-0.25, -0.2) is 4.79 Å². The van der Waals surface area contributed by atoms with Gasteiger partial charge in [-0.1, -0.05) is 54.6 Å². The second-order valence-corrected chi connectivity index (χ2v) is 6.98. The van der Waals surface area contributed by atoms with E-state index in [1.54, 1.807) is 24.3 Å². The summed E-state index contributed by atoms with van der Waals surface area (Å²) in [6, 6.07) is 17.1. The highest BCUT2D eigenvalue weighted by molar-refractivity contribution is 6.01. The first-order chi connectivity index (χ1) is 14.2. The van der Waals surface area contributed by atoms with Crippen molar-refractivity contribution in [1.82, 2.24) is 9.80 Å². The van der Waals surface area contributed by atoms with Gasteiger partial charge in [0.25, 0.3) is 0 Å². The highest BCUT2D eigenvalue weighted by atomic mass is 16.5. The second-order valence-electron chi connectivity index (χ2n) is 6.98. The van der Waals surface area contributed by atoms with E-state index in [0.29, 0.717) is 17.8 Å². The summed E-state index contributed by atoms with van der Waals surface area (Å²) in [6.45, 7) is 4.73. The lowest BCUT2D eigenvalue weighted by Crippen LogP contribution is -2.48. The molecular formula is C23H27N3O3. The summed E-state index contributed by atoms with van der Waals surface area (Å²) >= 11 is 0. The van der Waals surface area contributed by atoms with Crippen molar-refractivity contribution in [3.8, 4) is 0 Å². The van der Waals surface area contributed by atoms with Gasteiger partial charge in [0.05, 0.1) is 24.9 Å². The van der Waals surface area contributed by atoms with Crippen molar-refractivity contribution < 1.29 is 14.3 Å². The number of para-hydroxylation sites is 1. The molecule has 6 heteroatoms. The van der Waals surface area contributed by atoms with Crippen LogP contribution in [0.15, 0.2) is 60.7 Å². The van der Waals surface area contributed by atoms with Crippen molar-refractivity contribution in [2.75, 3.05) is 51.7 Å². The van der Waals surface area contributed by atoms with Gasteiger partial charge in [0.1, 0.15) is 0 Å². The fourth-order valence-corrected chi connectivity index (χ4v) is 3.30. The van der Waals surface area contributed by atoms with E-state index in [4.69, 9.17) is 4.74 Å². The number of hydrogen-bond donors (Lipinski definition) is 1. The lowest BCUT2D eigenvalue weighted by atomic mass is 10.2. The van der Waals surface area contributed by atoms with Crippen LogP contribution < -0.4 is 5.32 Å². The van der Waals surface area contributed by atoms with Gasteiger partial charge in [0.15, 0.2) is 0 Å². The van der Waals surface area contributed by atoms with Crippen LogP contribution >= 0.6 is 0 Å². The van der Waals surface area contributed by atoms with E-state index >= 15 is 0 Å². The van der Waals surface area contributed by atoms with E-state index in [9.17, 15) is 9.59 Å². The van der Waals surface area contributed by atoms with Crippen LogP contribution in [0.5, 0.6) is 0 Å². The number of carbonyl (C=O) groups excluding carboxylic acids is 2. The third-order valence-electron chi connectivity index (χ3n) is 4.91. The van der Waals surface area contributed by atoms with Crippen molar-refractivity contribution in [2.24, 2.45) is 0 Å². The largest absolute Gasteiger partial charge is 0.465 e. The molecule has 2 aromatic carbocycles. The van der Waals surface area contributed by atoms with Gasteiger partial charge in [0, 0.05) is 32.7 Å². The lowest BCUT2D eigenvalue weighted by molar-refractivity contribution is -0.117. The minimum Gasteiger partial charge on any atom is -0.465 e. The van der Waals surface area contributed by atoms with E-state index in [1.165, 1.54) is 12.7 Å². The molecule has 6 nitrogen and oxygen atoms in total. The zero-order chi connectivity index (χ0) is 20.5. The number of rotatable bonds is 7. The highest BCUT2D eigenvalue weighted by Crippen LogP contribution is 2.16. The molecule has 1 aliphatic heterocycles. The number of nitrogens with one attached hydrogen (secondary N) is 1. The highest BCUT2D eigenvalue weighted by Gasteiger charge is 2.19. The number of nitrogens with zero attached hydrogens (tertiary/aromatic N) is 2. The Hall–Kier alpha value is -2.96. The first-order valence-corrected chi connectivity index (χ1v) is 9.79. The predicted molar refractivity (Wildman–Crippen MR) is 115 cm³/mol. The predicted octanol–water partition coefficient (Wildman–Crippen LogP) is 2.74. The van der Waals surface area contributed by atoms with E-state index in [0.717, 1.165) is 32.7 Å². The standard InChI is InChI=1S/C23H27N3O3/c1-29-23(28)20-11-5-6-12-21(20)24-22(27)18-26-16-14-25(15-17-26)13-7-10-19-8-3-2-4-9-19/h2-12H,13-18H2,1H3,(H,24,27). The van der Waals surface area contributed by atoms with Crippen LogP contribution in [0.25, 0.3) is 6.08 Å². The second kappa shape index (κ2) is 10.5. The molecule has 3 rings (SSSR count). The Bertz CT molecular complexity index is 843. The zero-order valence-electron chi connectivity index (χ0n) is 16.7. The molecule has 0 saturated carbocycles. The van der Waals surface area contributed by atoms with Gasteiger partial charge in [-0.3, -0.25) is 14.6 Å². The molecule has 1 amide bonds. The van der Waals surface area contributed by atoms with E-state index in [2.05, 4.69) is 39.4 Å². The summed E-state index contributed by atoms with van der Waals surface area (Å²) in [4.78, 5) is 28.8. The molecule has 0 aliphatic carbocycles. The summed E-state index contributed by atoms with van der Waals surface area (Å²) in [5.41, 5.74) is 2.04. The number of methoxy groups -OCH3 is 1. The number of anilines is 1. The third-order valence-corrected chi connectivity index (χ3v) is 4.91. The van der Waals surface area contributed by atoms with Crippen molar-refractivity contribution in [2.45, 2.75) is 0 Å². The number of piperazine rings is 1. The first-order valence-electron chi connectivity index (χ1n) is 9.79. The molecule has 29 heavy (non-hydrogen) atoms. The molecule has 1 N–H and O–H groups in total. The smallest absolute Gasteiger partial charge is 0.339 e. The molecule has 0 spiro atoms. The van der Waals surface area contributed by atoms with Crippen LogP contribution in [-0.4, -0.2) is 68.1 Å². The Labute approximate surface area is 171 Å². The Morgan fingerprint density at radius 1 is 0.966 bits per heavy atom. The monoisotopic (exact) mass is 393 g/mol. The van der Waals surface area contributed by atoms with Crippen LogP contribution in [-0.2, 0) is 9.53 Å². The Morgan fingerprint density at radius 3 is 2.34 bits per heavy atom. The Kier molecular flexibility index (Phi) is 7.55. The summed E-state index contributed by atoms with van der Waals surface area (Å²) in [6.07, 6.45) is 4.32. The lowest BCUT2D eigenvalue weighted by Gasteiger charge is -2.33. The quantitative estimate of drug-likeness (QED) is 0.733. The third kappa shape index (κ3) is 6.27. The van der Waals surface area contributed by atoms with E-state index < -0.39 is 5.97 Å². The molecule has 0 atom stereocenters. The molecule has 0 bridgehead atoms. The molecule has 1 heterocycles. The maximum Gasteiger partial charge on any atom is 0.339 e. The number of ether oxygens (including phenoxy) is 1. The molecule has 1 saturated heterocycles. The number of carbonyl (C=O) groups is 2.